The lowest BCUT2D eigenvalue weighted by atomic mass is 10.0. The van der Waals surface area contributed by atoms with Gasteiger partial charge >= 0.3 is 5.97 Å². The number of fused-ring (bicyclic) bond motifs is 1. The van der Waals surface area contributed by atoms with E-state index in [0.29, 0.717) is 18.7 Å². The number of nitrogens with zero attached hydrogens (tertiary/aromatic N) is 3. The topological polar surface area (TPSA) is 116 Å². The summed E-state index contributed by atoms with van der Waals surface area (Å²) in [6, 6.07) is 0. The van der Waals surface area contributed by atoms with Crippen molar-refractivity contribution in [2.75, 3.05) is 12.3 Å². The standard InChI is InChI=1S/C26H45N5O3/c1-2-3-4-5-6-7-8-9-10-11-12-13-14-15-16-17-20-34-22(32)18-19-31-21-28-24-23(31)25(33)30-26(27)29-24/h21H,2-20H2,1H3,(H3,27,29,30,33). The van der Waals surface area contributed by atoms with Crippen LogP contribution in [0.4, 0.5) is 5.95 Å². The molecule has 192 valence electrons. The molecule has 0 amide bonds. The number of esters is 1. The van der Waals surface area contributed by atoms with Gasteiger partial charge in [0, 0.05) is 6.54 Å². The second-order valence-corrected chi connectivity index (χ2v) is 9.34. The Morgan fingerprint density at radius 3 is 2.00 bits per heavy atom. The minimum absolute atomic E-state index is 0.0287. The fraction of sp³-hybridized carbons (Fsp3) is 0.769. The predicted octanol–water partition coefficient (Wildman–Crippen LogP) is 5.90. The Balaban J connectivity index is 1.38. The second kappa shape index (κ2) is 17.1. The van der Waals surface area contributed by atoms with Crippen LogP contribution in [0.2, 0.25) is 0 Å². The lowest BCUT2D eigenvalue weighted by Gasteiger charge is -2.06. The quantitative estimate of drug-likeness (QED) is 0.182. The van der Waals surface area contributed by atoms with Gasteiger partial charge in [-0.15, -0.1) is 0 Å². The van der Waals surface area contributed by atoms with Crippen molar-refractivity contribution in [3.8, 4) is 0 Å². The van der Waals surface area contributed by atoms with Crippen molar-refractivity contribution in [2.24, 2.45) is 0 Å². The van der Waals surface area contributed by atoms with Crippen molar-refractivity contribution in [3.05, 3.63) is 16.7 Å². The third-order valence-corrected chi connectivity index (χ3v) is 6.32. The van der Waals surface area contributed by atoms with E-state index in [1.54, 1.807) is 4.57 Å². The van der Waals surface area contributed by atoms with E-state index in [4.69, 9.17) is 10.5 Å². The van der Waals surface area contributed by atoms with Crippen molar-refractivity contribution >= 4 is 23.1 Å². The van der Waals surface area contributed by atoms with Crippen LogP contribution in [0.1, 0.15) is 116 Å². The zero-order valence-electron chi connectivity index (χ0n) is 21.2. The van der Waals surface area contributed by atoms with E-state index < -0.39 is 0 Å². The predicted molar refractivity (Wildman–Crippen MR) is 138 cm³/mol. The maximum atomic E-state index is 12.0. The zero-order chi connectivity index (χ0) is 24.4. The van der Waals surface area contributed by atoms with Gasteiger partial charge in [-0.2, -0.15) is 4.98 Å². The number of ether oxygens (including phenoxy) is 1. The summed E-state index contributed by atoms with van der Waals surface area (Å²) >= 11 is 0. The first-order chi connectivity index (χ1) is 16.6. The number of anilines is 1. The molecule has 0 saturated carbocycles. The van der Waals surface area contributed by atoms with Crippen molar-refractivity contribution in [1.29, 1.82) is 0 Å². The summed E-state index contributed by atoms with van der Waals surface area (Å²) in [5.41, 5.74) is 5.76. The molecular formula is C26H45N5O3. The molecule has 0 radical (unpaired) electrons. The molecule has 2 rings (SSSR count). The van der Waals surface area contributed by atoms with Crippen LogP contribution in [-0.4, -0.2) is 32.1 Å². The highest BCUT2D eigenvalue weighted by atomic mass is 16.5. The number of carbonyl (C=O) groups is 1. The van der Waals surface area contributed by atoms with Crippen molar-refractivity contribution in [2.45, 2.75) is 123 Å². The van der Waals surface area contributed by atoms with E-state index >= 15 is 0 Å². The van der Waals surface area contributed by atoms with Crippen molar-refractivity contribution < 1.29 is 9.53 Å². The maximum Gasteiger partial charge on any atom is 0.307 e. The third kappa shape index (κ3) is 11.2. The van der Waals surface area contributed by atoms with Crippen molar-refractivity contribution in [3.63, 3.8) is 0 Å². The maximum absolute atomic E-state index is 12.0. The molecule has 8 nitrogen and oxygen atoms in total. The van der Waals surface area contributed by atoms with Gasteiger partial charge in [0.25, 0.3) is 5.56 Å². The number of unbranched alkanes of at least 4 members (excludes halogenated alkanes) is 15. The van der Waals surface area contributed by atoms with Crippen LogP contribution in [0.25, 0.3) is 11.2 Å². The summed E-state index contributed by atoms with van der Waals surface area (Å²) in [5, 5.41) is 0. The molecule has 8 heteroatoms. The molecule has 0 saturated heterocycles. The number of aromatic amines is 1. The molecule has 0 fully saturated rings. The summed E-state index contributed by atoms with van der Waals surface area (Å²) < 4.78 is 6.93. The number of aromatic nitrogens is 4. The van der Waals surface area contributed by atoms with E-state index in [1.807, 2.05) is 0 Å². The Labute approximate surface area is 204 Å². The van der Waals surface area contributed by atoms with Gasteiger partial charge in [-0.25, -0.2) is 4.98 Å². The molecule has 0 aliphatic rings. The Hall–Kier alpha value is -2.38. The Kier molecular flexibility index (Phi) is 14.0. The number of H-pyrrole nitrogens is 1. The van der Waals surface area contributed by atoms with Crippen LogP contribution in [0.3, 0.4) is 0 Å². The molecule has 0 aliphatic heterocycles. The number of rotatable bonds is 20. The Morgan fingerprint density at radius 2 is 1.44 bits per heavy atom. The molecule has 0 aromatic carbocycles. The number of imidazole rings is 1. The van der Waals surface area contributed by atoms with Gasteiger partial charge in [-0.05, 0) is 6.42 Å². The number of nitrogens with two attached hydrogens (primary N) is 1. The number of hydrogen-bond donors (Lipinski definition) is 2. The smallest absolute Gasteiger partial charge is 0.307 e. The van der Waals surface area contributed by atoms with Crippen LogP contribution in [0, 0.1) is 0 Å². The van der Waals surface area contributed by atoms with E-state index in [9.17, 15) is 9.59 Å². The van der Waals surface area contributed by atoms with Gasteiger partial charge in [-0.3, -0.25) is 14.6 Å². The van der Waals surface area contributed by atoms with Gasteiger partial charge in [-0.1, -0.05) is 103 Å². The van der Waals surface area contributed by atoms with E-state index in [0.717, 1.165) is 12.8 Å². The molecule has 0 spiro atoms. The molecule has 3 N–H and O–H groups in total. The van der Waals surface area contributed by atoms with Crippen LogP contribution in [0.15, 0.2) is 11.1 Å². The molecule has 0 unspecified atom stereocenters. The van der Waals surface area contributed by atoms with Gasteiger partial charge in [0.2, 0.25) is 5.95 Å². The van der Waals surface area contributed by atoms with Gasteiger partial charge in [0.15, 0.2) is 11.2 Å². The zero-order valence-corrected chi connectivity index (χ0v) is 21.2. The number of carbonyl (C=O) groups excluding carboxylic acids is 1. The highest BCUT2D eigenvalue weighted by Gasteiger charge is 2.11. The summed E-state index contributed by atoms with van der Waals surface area (Å²) in [4.78, 5) is 34.5. The normalized spacial score (nSPS) is 11.3. The minimum Gasteiger partial charge on any atom is -0.466 e. The first kappa shape index (κ1) is 27.9. The van der Waals surface area contributed by atoms with Gasteiger partial charge < -0.3 is 15.0 Å². The number of nitrogens with one attached hydrogen (secondary N) is 1. The van der Waals surface area contributed by atoms with E-state index in [1.165, 1.54) is 96.2 Å². The third-order valence-electron chi connectivity index (χ3n) is 6.32. The summed E-state index contributed by atoms with van der Waals surface area (Å²) in [6.45, 7) is 3.05. The van der Waals surface area contributed by atoms with Crippen LogP contribution < -0.4 is 11.3 Å². The van der Waals surface area contributed by atoms with E-state index in [-0.39, 0.29) is 29.5 Å². The van der Waals surface area contributed by atoms with Crippen LogP contribution in [-0.2, 0) is 16.1 Å². The molecule has 2 aromatic rings. The van der Waals surface area contributed by atoms with Crippen molar-refractivity contribution in [1.82, 2.24) is 19.5 Å². The Morgan fingerprint density at radius 1 is 0.912 bits per heavy atom. The fourth-order valence-corrected chi connectivity index (χ4v) is 4.29. The molecule has 0 aliphatic carbocycles. The van der Waals surface area contributed by atoms with E-state index in [2.05, 4.69) is 21.9 Å². The number of nitrogen functional groups attached to an aromatic ring is 1. The molecule has 34 heavy (non-hydrogen) atoms. The summed E-state index contributed by atoms with van der Waals surface area (Å²) in [7, 11) is 0. The highest BCUT2D eigenvalue weighted by molar-refractivity contribution is 5.72. The average Bonchev–Trinajstić information content (AvgIpc) is 3.22. The first-order valence-corrected chi connectivity index (χ1v) is 13.5. The number of hydrogen-bond acceptors (Lipinski definition) is 6. The summed E-state index contributed by atoms with van der Waals surface area (Å²) in [5.74, 6) is -0.233. The van der Waals surface area contributed by atoms with Crippen LogP contribution in [0.5, 0.6) is 0 Å². The molecule has 2 heterocycles. The number of aryl methyl sites for hydroxylation is 1. The van der Waals surface area contributed by atoms with Gasteiger partial charge in [0.1, 0.15) is 0 Å². The fourth-order valence-electron chi connectivity index (χ4n) is 4.29. The minimum atomic E-state index is -0.360. The monoisotopic (exact) mass is 475 g/mol. The first-order valence-electron chi connectivity index (χ1n) is 13.5. The Bertz CT molecular complexity index is 877. The second-order valence-electron chi connectivity index (χ2n) is 9.34. The highest BCUT2D eigenvalue weighted by Crippen LogP contribution is 2.14. The SMILES string of the molecule is CCCCCCCCCCCCCCCCCCOC(=O)CCn1cnc2nc(N)[nH]c(=O)c21. The molecule has 2 aromatic heterocycles. The molecule has 0 atom stereocenters. The average molecular weight is 476 g/mol. The van der Waals surface area contributed by atoms with Crippen LogP contribution >= 0.6 is 0 Å². The lowest BCUT2D eigenvalue weighted by Crippen LogP contribution is -2.16. The summed E-state index contributed by atoms with van der Waals surface area (Å²) in [6.07, 6.45) is 22.8. The molecular weight excluding hydrogens is 430 g/mol. The largest absolute Gasteiger partial charge is 0.466 e. The lowest BCUT2D eigenvalue weighted by molar-refractivity contribution is -0.144. The molecule has 0 bridgehead atoms. The van der Waals surface area contributed by atoms with Gasteiger partial charge in [0.05, 0.1) is 19.4 Å².